The number of hydrogen-bond acceptors (Lipinski definition) is 0. The Labute approximate surface area is 53.6 Å². The van der Waals surface area contributed by atoms with Crippen LogP contribution in [0, 0.1) is 7.43 Å². The van der Waals surface area contributed by atoms with E-state index >= 15 is 0 Å². The summed E-state index contributed by atoms with van der Waals surface area (Å²) in [5.41, 5.74) is 0. The van der Waals surface area contributed by atoms with Gasteiger partial charge in [0, 0.05) is 34.1 Å². The molecule has 0 saturated heterocycles. The molecule has 23 valence electrons. The quantitative estimate of drug-likeness (QED) is 0.343. The molecule has 0 bridgehead atoms. The second-order valence-corrected chi connectivity index (χ2v) is 0. The largest absolute Gasteiger partial charge is 0.817 e. The van der Waals surface area contributed by atoms with E-state index in [1.54, 1.807) is 0 Å². The number of nitrogens with zero attached hydrogens (tertiary/aromatic N) is 1. The van der Waals surface area contributed by atoms with E-state index in [0.717, 1.165) is 0 Å². The van der Waals surface area contributed by atoms with Crippen LogP contribution in [0.1, 0.15) is 1.37 Å². The molecule has 1 nitrogen and oxygen atoms in total. The summed E-state index contributed by atoms with van der Waals surface area (Å²) in [7, 11) is 0. The van der Waals surface area contributed by atoms with Gasteiger partial charge in [-0.25, -0.2) is 6.69 Å². The Morgan fingerprint density at radius 1 is 2.00 bits per heavy atom. The van der Waals surface area contributed by atoms with Crippen molar-refractivity contribution in [2.24, 2.45) is 0 Å². The van der Waals surface area contributed by atoms with Crippen molar-refractivity contribution in [1.29, 1.82) is 0 Å². The van der Waals surface area contributed by atoms with E-state index in [1.807, 2.05) is 0 Å². The molecular weight excluding hydrogens is 127 g/mol. The van der Waals surface area contributed by atoms with Gasteiger partial charge in [0.15, 0.2) is 0 Å². The van der Waals surface area contributed by atoms with Crippen molar-refractivity contribution < 1.29 is 34.1 Å². The average Bonchev–Trinajstić information content (AvgIpc) is 0.918. The molecule has 4 heavy (non-hydrogen) atoms. The van der Waals surface area contributed by atoms with Crippen molar-refractivity contribution in [3.05, 3.63) is 12.8 Å². The van der Waals surface area contributed by atoms with Crippen molar-refractivity contribution in [3.63, 3.8) is 0 Å². The molecule has 0 aromatic carbocycles. The van der Waals surface area contributed by atoms with Gasteiger partial charge in [-0.15, -0.1) is 0 Å². The van der Waals surface area contributed by atoms with E-state index in [2.05, 4.69) is 0 Å². The molecule has 0 aliphatic carbocycles. The molecule has 2 heteroatoms. The third kappa shape index (κ3) is 14.6. The predicted octanol–water partition coefficient (Wildman–Crippen LogP) is 0.704. The first-order chi connectivity index (χ1) is 1.41. The molecule has 0 spiro atoms. The van der Waals surface area contributed by atoms with Gasteiger partial charge < -0.3 is 12.8 Å². The summed E-state index contributed by atoms with van der Waals surface area (Å²) in [6.45, 7) is 0.250. The summed E-state index contributed by atoms with van der Waals surface area (Å²) in [6.07, 6.45) is 0. The van der Waals surface area contributed by atoms with Crippen LogP contribution in [-0.2, 0) is 32.7 Å². The van der Waals surface area contributed by atoms with Gasteiger partial charge in [-0.1, -0.05) is 0 Å². The fraction of sp³-hybridized carbons (Fsp3) is 0. The van der Waals surface area contributed by atoms with Crippen molar-refractivity contribution in [1.82, 2.24) is 0 Å². The molecule has 0 atom stereocenters. The third-order valence-corrected chi connectivity index (χ3v) is 0. The summed E-state index contributed by atoms with van der Waals surface area (Å²) in [6, 6.07) is 0. The first-order valence-electron chi connectivity index (χ1n) is 0.836. The maximum atomic E-state index is 7.11. The van der Waals surface area contributed by atoms with Crippen molar-refractivity contribution in [3.8, 4) is 0 Å². The molecule has 1 radical (unpaired) electrons. The Balaban J connectivity index is -0.0000000200. The summed E-state index contributed by atoms with van der Waals surface area (Å²) < 4.78 is 5.64. The molecule has 0 aliphatic heterocycles. The molecule has 0 aromatic rings. The maximum Gasteiger partial charge on any atom is 0.0262 e. The number of hydrogen-bond donors (Lipinski definition) is 0. The Bertz CT molecular complexity index is 17.1. The van der Waals surface area contributed by atoms with Gasteiger partial charge in [-0.05, 0) is 0 Å². The molecule has 0 aliphatic rings. The zero-order valence-corrected chi connectivity index (χ0v) is 5.44. The fourth-order valence-corrected chi connectivity index (χ4v) is 0. The second-order valence-electron chi connectivity index (χ2n) is 0. The van der Waals surface area contributed by atoms with Gasteiger partial charge in [0.25, 0.3) is 0 Å². The van der Waals surface area contributed by atoms with Crippen LogP contribution in [0.15, 0.2) is 0 Å². The standard InChI is InChI=1S/CH2N.CH3.Y/c1-2;;/h1H2;1H3;/q2*-1;/i1T;;. The maximum absolute atomic E-state index is 7.11. The van der Waals surface area contributed by atoms with Gasteiger partial charge in [0.2, 0.25) is 0 Å². The Kier molecular flexibility index (Phi) is 107. The van der Waals surface area contributed by atoms with E-state index < -0.39 is 0 Å². The molecule has 0 saturated carbocycles. The molecule has 0 N–H and O–H groups in total. The Morgan fingerprint density at radius 2 is 2.00 bits per heavy atom. The molecule has 0 heterocycles. The molecule has 0 rings (SSSR count). The van der Waals surface area contributed by atoms with Crippen LogP contribution >= 0.6 is 0 Å². The van der Waals surface area contributed by atoms with E-state index in [4.69, 9.17) is 6.78 Å². The van der Waals surface area contributed by atoms with E-state index in [9.17, 15) is 0 Å². The molecule has 0 aromatic heterocycles. The van der Waals surface area contributed by atoms with Crippen LogP contribution < -0.4 is 0 Å². The van der Waals surface area contributed by atoms with Crippen molar-refractivity contribution in [2.45, 2.75) is 0 Å². The summed E-state index contributed by atoms with van der Waals surface area (Å²) >= 11 is 0. The zero-order chi connectivity index (χ0) is 2.71. The normalized spacial score (nSPS) is 3.50. The third-order valence-electron chi connectivity index (χ3n) is 0. The Morgan fingerprint density at radius 3 is 2.00 bits per heavy atom. The van der Waals surface area contributed by atoms with E-state index in [0.29, 0.717) is 0 Å². The topological polar surface area (TPSA) is 22.3 Å². The minimum absolute atomic E-state index is 0. The number of rotatable bonds is 0. The summed E-state index contributed by atoms with van der Waals surface area (Å²) in [5, 5.41) is 7.11. The second kappa shape index (κ2) is 48.5. The fourth-order valence-electron chi connectivity index (χ4n) is 0. The van der Waals surface area contributed by atoms with Crippen molar-refractivity contribution in [2.75, 3.05) is 0 Å². The predicted molar refractivity (Wildman–Crippen MR) is 16.9 cm³/mol. The van der Waals surface area contributed by atoms with Crippen LogP contribution in [-0.4, -0.2) is 6.69 Å². The molecule has 0 unspecified atom stereocenters. The van der Waals surface area contributed by atoms with Gasteiger partial charge in [0.05, 0.1) is 0 Å². The van der Waals surface area contributed by atoms with Crippen LogP contribution in [0.4, 0.5) is 0 Å². The van der Waals surface area contributed by atoms with E-state index in [-0.39, 0.29) is 46.8 Å². The smallest absolute Gasteiger partial charge is 0.0262 e. The minimum Gasteiger partial charge on any atom is -0.817 e. The monoisotopic (exact) mass is 134 g/mol. The van der Waals surface area contributed by atoms with Crippen LogP contribution in [0.25, 0.3) is 5.41 Å². The SMILES string of the molecule is [3H]C=[N-].[CH3-].[Y]. The summed E-state index contributed by atoms with van der Waals surface area (Å²) in [5.74, 6) is 0. The van der Waals surface area contributed by atoms with E-state index in [1.165, 1.54) is 0 Å². The van der Waals surface area contributed by atoms with Gasteiger partial charge in [-0.2, -0.15) is 0 Å². The first-order valence-corrected chi connectivity index (χ1v) is 0.258. The molecule has 0 amide bonds. The Hall–Kier alpha value is 0.774. The molecular formula is C2H5NY-2. The van der Waals surface area contributed by atoms with Gasteiger partial charge in [-0.3, -0.25) is 0 Å². The van der Waals surface area contributed by atoms with Crippen LogP contribution in [0.3, 0.4) is 0 Å². The first kappa shape index (κ1) is 8.84. The van der Waals surface area contributed by atoms with Crippen LogP contribution in [0.2, 0.25) is 0 Å². The van der Waals surface area contributed by atoms with Gasteiger partial charge in [0.1, 0.15) is 0 Å². The van der Waals surface area contributed by atoms with Crippen molar-refractivity contribution >= 4 is 6.69 Å². The molecule has 0 fully saturated rings. The average molecular weight is 134 g/mol. The zero-order valence-electron chi connectivity index (χ0n) is 3.60. The van der Waals surface area contributed by atoms with Gasteiger partial charge >= 0.3 is 0 Å². The summed E-state index contributed by atoms with van der Waals surface area (Å²) in [4.78, 5) is 0. The minimum atomic E-state index is 0. The van der Waals surface area contributed by atoms with Crippen LogP contribution in [0.5, 0.6) is 0 Å².